The minimum absolute atomic E-state index is 0.163. The first-order chi connectivity index (χ1) is 10.7. The Morgan fingerprint density at radius 2 is 2.14 bits per heavy atom. The molecule has 0 atom stereocenters. The number of imidazole rings is 1. The zero-order valence-electron chi connectivity index (χ0n) is 13.7. The molecule has 2 rings (SSSR count). The number of aromatic nitrogens is 2. The average molecular weight is 303 g/mol. The number of esters is 1. The molecule has 120 valence electrons. The zero-order valence-corrected chi connectivity index (χ0v) is 13.7. The van der Waals surface area contributed by atoms with E-state index in [1.54, 1.807) is 0 Å². The normalized spacial score (nSPS) is 10.9. The van der Waals surface area contributed by atoms with Crippen LogP contribution in [0.3, 0.4) is 0 Å². The highest BCUT2D eigenvalue weighted by molar-refractivity contribution is 5.75. The van der Waals surface area contributed by atoms with Gasteiger partial charge in [-0.3, -0.25) is 9.20 Å². The number of pyridine rings is 1. The Labute approximate surface area is 131 Å². The summed E-state index contributed by atoms with van der Waals surface area (Å²) in [7, 11) is 0. The lowest BCUT2D eigenvalue weighted by molar-refractivity contribution is -0.140. The van der Waals surface area contributed by atoms with E-state index in [1.807, 2.05) is 32.0 Å². The molecule has 0 saturated heterocycles. The molecule has 0 radical (unpaired) electrons. The molecular weight excluding hydrogens is 278 g/mol. The molecule has 0 spiro atoms. The van der Waals surface area contributed by atoms with Crippen molar-refractivity contribution in [3.8, 4) is 0 Å². The number of nitrogens with zero attached hydrogens (tertiary/aromatic N) is 2. The van der Waals surface area contributed by atoms with Crippen LogP contribution in [0.5, 0.6) is 0 Å². The number of fused-ring (bicyclic) bond motifs is 1. The number of nitrogens with one attached hydrogen (secondary N) is 1. The number of aryl methyl sites for hydroxylation is 2. The van der Waals surface area contributed by atoms with E-state index >= 15 is 0 Å². The molecule has 5 nitrogen and oxygen atoms in total. The first kappa shape index (κ1) is 16.3. The summed E-state index contributed by atoms with van der Waals surface area (Å²) in [5.74, 6) is 0.669. The number of rotatable bonds is 8. The molecule has 0 aliphatic rings. The van der Waals surface area contributed by atoms with Crippen LogP contribution in [0.4, 0.5) is 5.82 Å². The lowest BCUT2D eigenvalue weighted by atomic mass is 10.1. The summed E-state index contributed by atoms with van der Waals surface area (Å²) in [6.45, 7) is 6.60. The minimum atomic E-state index is -0.245. The molecule has 1 N–H and O–H groups in total. The molecule has 0 saturated carbocycles. The molecule has 0 aliphatic heterocycles. The summed E-state index contributed by atoms with van der Waals surface area (Å²) in [6.07, 6.45) is 4.38. The van der Waals surface area contributed by atoms with Gasteiger partial charge < -0.3 is 10.1 Å². The van der Waals surface area contributed by atoms with Crippen molar-refractivity contribution in [2.45, 2.75) is 46.5 Å². The summed E-state index contributed by atoms with van der Waals surface area (Å²) < 4.78 is 7.06. The molecule has 2 aromatic heterocycles. The Hall–Kier alpha value is -2.04. The van der Waals surface area contributed by atoms with E-state index < -0.39 is 0 Å². The van der Waals surface area contributed by atoms with E-state index in [9.17, 15) is 4.79 Å². The maximum atomic E-state index is 11.6. The van der Waals surface area contributed by atoms with Crippen LogP contribution in [-0.4, -0.2) is 28.5 Å². The topological polar surface area (TPSA) is 55.6 Å². The number of hydrogen-bond donors (Lipinski definition) is 1. The Morgan fingerprint density at radius 3 is 2.86 bits per heavy atom. The van der Waals surface area contributed by atoms with Crippen LogP contribution < -0.4 is 5.32 Å². The average Bonchev–Trinajstić information content (AvgIpc) is 2.85. The van der Waals surface area contributed by atoms with Crippen LogP contribution in [0, 0.1) is 6.92 Å². The van der Waals surface area contributed by atoms with Crippen molar-refractivity contribution in [1.82, 2.24) is 9.38 Å². The maximum Gasteiger partial charge on any atom is 0.325 e. The van der Waals surface area contributed by atoms with Crippen molar-refractivity contribution in [2.24, 2.45) is 0 Å². The highest BCUT2D eigenvalue weighted by Gasteiger charge is 2.14. The zero-order chi connectivity index (χ0) is 15.9. The van der Waals surface area contributed by atoms with Crippen LogP contribution in [0.1, 0.15) is 44.5 Å². The first-order valence-electron chi connectivity index (χ1n) is 8.03. The van der Waals surface area contributed by atoms with E-state index in [4.69, 9.17) is 9.72 Å². The van der Waals surface area contributed by atoms with Gasteiger partial charge in [-0.05, 0) is 38.8 Å². The molecular formula is C17H25N3O2. The summed E-state index contributed by atoms with van der Waals surface area (Å²) in [5.41, 5.74) is 3.03. The molecule has 0 aliphatic carbocycles. The molecule has 2 heterocycles. The minimum Gasteiger partial charge on any atom is -0.465 e. The third kappa shape index (κ3) is 3.78. The summed E-state index contributed by atoms with van der Waals surface area (Å²) in [6, 6.07) is 6.04. The van der Waals surface area contributed by atoms with Gasteiger partial charge in [-0.2, -0.15) is 0 Å². The van der Waals surface area contributed by atoms with Crippen LogP contribution in [-0.2, 0) is 16.0 Å². The lowest BCUT2D eigenvalue weighted by Gasteiger charge is -2.10. The summed E-state index contributed by atoms with van der Waals surface area (Å²) >= 11 is 0. The Balaban J connectivity index is 2.26. The monoisotopic (exact) mass is 303 g/mol. The molecule has 5 heteroatoms. The van der Waals surface area contributed by atoms with Gasteiger partial charge in [-0.1, -0.05) is 25.8 Å². The second-order valence-electron chi connectivity index (χ2n) is 5.38. The fourth-order valence-corrected chi connectivity index (χ4v) is 2.57. The Bertz CT molecular complexity index is 634. The van der Waals surface area contributed by atoms with Gasteiger partial charge in [-0.15, -0.1) is 0 Å². The van der Waals surface area contributed by atoms with Crippen molar-refractivity contribution in [3.63, 3.8) is 0 Å². The second-order valence-corrected chi connectivity index (χ2v) is 5.38. The number of carbonyl (C=O) groups excluding carboxylic acids is 1. The van der Waals surface area contributed by atoms with Crippen molar-refractivity contribution >= 4 is 17.4 Å². The summed E-state index contributed by atoms with van der Waals surface area (Å²) in [4.78, 5) is 16.3. The van der Waals surface area contributed by atoms with Gasteiger partial charge in [0.05, 0.1) is 12.3 Å². The SMILES string of the molecule is CCCCCc1nc2cccc(C)n2c1NCC(=O)OCC. The van der Waals surface area contributed by atoms with Crippen molar-refractivity contribution in [3.05, 3.63) is 29.6 Å². The van der Waals surface area contributed by atoms with Crippen LogP contribution in [0.15, 0.2) is 18.2 Å². The maximum absolute atomic E-state index is 11.6. The second kappa shape index (κ2) is 7.82. The van der Waals surface area contributed by atoms with Gasteiger partial charge in [0.25, 0.3) is 0 Å². The quantitative estimate of drug-likeness (QED) is 0.600. The fourth-order valence-electron chi connectivity index (χ4n) is 2.57. The fraction of sp³-hybridized carbons (Fsp3) is 0.529. The smallest absolute Gasteiger partial charge is 0.325 e. The first-order valence-corrected chi connectivity index (χ1v) is 8.03. The van der Waals surface area contributed by atoms with Crippen LogP contribution >= 0.6 is 0 Å². The number of carbonyl (C=O) groups is 1. The summed E-state index contributed by atoms with van der Waals surface area (Å²) in [5, 5.41) is 3.21. The molecule has 0 aromatic carbocycles. The highest BCUT2D eigenvalue weighted by Crippen LogP contribution is 2.22. The van der Waals surface area contributed by atoms with Gasteiger partial charge in [0, 0.05) is 5.69 Å². The van der Waals surface area contributed by atoms with Crippen molar-refractivity contribution in [2.75, 3.05) is 18.5 Å². The standard InChI is InChI=1S/C17H25N3O2/c1-4-6-7-10-14-17(18-12-16(21)22-5-2)20-13(3)9-8-11-15(20)19-14/h8-9,11,18H,4-7,10,12H2,1-3H3. The molecule has 0 unspecified atom stereocenters. The van der Waals surface area contributed by atoms with Gasteiger partial charge in [-0.25, -0.2) is 4.98 Å². The largest absolute Gasteiger partial charge is 0.465 e. The van der Waals surface area contributed by atoms with Gasteiger partial charge in [0.1, 0.15) is 18.0 Å². The number of anilines is 1. The molecule has 2 aromatic rings. The molecule has 22 heavy (non-hydrogen) atoms. The predicted molar refractivity (Wildman–Crippen MR) is 88.3 cm³/mol. The number of hydrogen-bond acceptors (Lipinski definition) is 4. The lowest BCUT2D eigenvalue weighted by Crippen LogP contribution is -2.18. The van der Waals surface area contributed by atoms with E-state index in [1.165, 1.54) is 12.8 Å². The number of ether oxygens (including phenoxy) is 1. The van der Waals surface area contributed by atoms with Gasteiger partial charge >= 0.3 is 5.97 Å². The Kier molecular flexibility index (Phi) is 5.81. The van der Waals surface area contributed by atoms with Crippen LogP contribution in [0.2, 0.25) is 0 Å². The van der Waals surface area contributed by atoms with E-state index in [0.717, 1.165) is 35.7 Å². The predicted octanol–water partition coefficient (Wildman–Crippen LogP) is 3.35. The van der Waals surface area contributed by atoms with Crippen LogP contribution in [0.25, 0.3) is 5.65 Å². The third-order valence-electron chi connectivity index (χ3n) is 3.63. The molecule has 0 bridgehead atoms. The van der Waals surface area contributed by atoms with Crippen molar-refractivity contribution in [1.29, 1.82) is 0 Å². The van der Waals surface area contributed by atoms with E-state index in [2.05, 4.69) is 16.6 Å². The number of unbranched alkanes of at least 4 members (excludes halogenated alkanes) is 2. The van der Waals surface area contributed by atoms with E-state index in [-0.39, 0.29) is 12.5 Å². The Morgan fingerprint density at radius 1 is 1.32 bits per heavy atom. The van der Waals surface area contributed by atoms with Gasteiger partial charge in [0.2, 0.25) is 0 Å². The highest BCUT2D eigenvalue weighted by atomic mass is 16.5. The third-order valence-corrected chi connectivity index (χ3v) is 3.63. The molecule has 0 amide bonds. The van der Waals surface area contributed by atoms with Crippen molar-refractivity contribution < 1.29 is 9.53 Å². The van der Waals surface area contributed by atoms with Gasteiger partial charge in [0.15, 0.2) is 0 Å². The van der Waals surface area contributed by atoms with E-state index in [0.29, 0.717) is 6.61 Å². The molecule has 0 fully saturated rings.